The van der Waals surface area contributed by atoms with Crippen LogP contribution in [0.2, 0.25) is 0 Å². The van der Waals surface area contributed by atoms with Crippen molar-refractivity contribution in [3.05, 3.63) is 30.0 Å². The number of likely N-dealkylation sites (N-methyl/N-ethyl adjacent to an activating group) is 1. The monoisotopic (exact) mass is 220 g/mol. The second kappa shape index (κ2) is 6.28. The van der Waals surface area contributed by atoms with Gasteiger partial charge in [0.15, 0.2) is 0 Å². The number of aromatic nitrogens is 1. The molecule has 2 rings (SSSR count). The van der Waals surface area contributed by atoms with E-state index in [0.29, 0.717) is 0 Å². The number of benzene rings is 1. The van der Waals surface area contributed by atoms with Crippen LogP contribution in [-0.2, 0) is 6.42 Å². The van der Waals surface area contributed by atoms with E-state index in [1.54, 1.807) is 0 Å². The van der Waals surface area contributed by atoms with Crippen molar-refractivity contribution in [1.82, 2.24) is 10.1 Å². The third kappa shape index (κ3) is 3.07. The lowest BCUT2D eigenvalue weighted by Gasteiger charge is -2.06. The molecular weight excluding hydrogens is 200 g/mol. The van der Waals surface area contributed by atoms with Gasteiger partial charge in [-0.2, -0.15) is 0 Å². The Morgan fingerprint density at radius 2 is 1.88 bits per heavy atom. The van der Waals surface area contributed by atoms with Crippen LogP contribution in [0.3, 0.4) is 0 Å². The van der Waals surface area contributed by atoms with Gasteiger partial charge in [-0.05, 0) is 26.2 Å². The predicted octanol–water partition coefficient (Wildman–Crippen LogP) is 2.96. The SMILES string of the molecule is CC.CN(C)CCc1onc2ccccc12. The van der Waals surface area contributed by atoms with Gasteiger partial charge in [0.1, 0.15) is 11.3 Å². The Hall–Kier alpha value is -1.35. The van der Waals surface area contributed by atoms with Crippen LogP contribution in [0, 0.1) is 0 Å². The summed E-state index contributed by atoms with van der Waals surface area (Å²) >= 11 is 0. The zero-order valence-corrected chi connectivity index (χ0v) is 10.5. The Bertz CT molecular complexity index is 421. The van der Waals surface area contributed by atoms with E-state index >= 15 is 0 Å². The summed E-state index contributed by atoms with van der Waals surface area (Å²) in [5.74, 6) is 0.981. The lowest BCUT2D eigenvalue weighted by atomic mass is 10.2. The normalized spacial score (nSPS) is 10.3. The molecule has 0 bridgehead atoms. The first-order valence-corrected chi connectivity index (χ1v) is 5.75. The first-order valence-electron chi connectivity index (χ1n) is 5.75. The van der Waals surface area contributed by atoms with E-state index in [2.05, 4.69) is 30.2 Å². The summed E-state index contributed by atoms with van der Waals surface area (Å²) in [5, 5.41) is 5.14. The average molecular weight is 220 g/mol. The van der Waals surface area contributed by atoms with Crippen molar-refractivity contribution >= 4 is 10.9 Å². The molecule has 0 aliphatic carbocycles. The smallest absolute Gasteiger partial charge is 0.145 e. The molecule has 3 nitrogen and oxygen atoms in total. The molecule has 0 unspecified atom stereocenters. The first kappa shape index (κ1) is 12.7. The highest BCUT2D eigenvalue weighted by Gasteiger charge is 2.06. The van der Waals surface area contributed by atoms with Gasteiger partial charge in [-0.3, -0.25) is 0 Å². The predicted molar refractivity (Wildman–Crippen MR) is 67.6 cm³/mol. The summed E-state index contributed by atoms with van der Waals surface area (Å²) in [6.07, 6.45) is 0.910. The van der Waals surface area contributed by atoms with Gasteiger partial charge in [0.2, 0.25) is 0 Å². The molecule has 0 fully saturated rings. The van der Waals surface area contributed by atoms with Crippen LogP contribution in [0.1, 0.15) is 19.6 Å². The van der Waals surface area contributed by atoms with Crippen molar-refractivity contribution in [1.29, 1.82) is 0 Å². The molecule has 0 spiro atoms. The lowest BCUT2D eigenvalue weighted by Crippen LogP contribution is -2.14. The minimum absolute atomic E-state index is 0.910. The van der Waals surface area contributed by atoms with Gasteiger partial charge in [-0.15, -0.1) is 0 Å². The van der Waals surface area contributed by atoms with Crippen LogP contribution in [-0.4, -0.2) is 30.7 Å². The summed E-state index contributed by atoms with van der Waals surface area (Å²) < 4.78 is 5.29. The van der Waals surface area contributed by atoms with E-state index in [1.807, 2.05) is 32.0 Å². The quantitative estimate of drug-likeness (QED) is 0.796. The molecular formula is C13H20N2O. The fourth-order valence-electron chi connectivity index (χ4n) is 1.45. The summed E-state index contributed by atoms with van der Waals surface area (Å²) in [6.45, 7) is 4.99. The molecule has 0 radical (unpaired) electrons. The van der Waals surface area contributed by atoms with Crippen LogP contribution >= 0.6 is 0 Å². The Kier molecular flexibility index (Phi) is 4.99. The molecule has 0 aliphatic rings. The van der Waals surface area contributed by atoms with Gasteiger partial charge in [-0.25, -0.2) is 0 Å². The van der Waals surface area contributed by atoms with Gasteiger partial charge in [0.25, 0.3) is 0 Å². The first-order chi connectivity index (χ1) is 7.77. The van der Waals surface area contributed by atoms with Crippen LogP contribution in [0.25, 0.3) is 10.9 Å². The van der Waals surface area contributed by atoms with E-state index in [9.17, 15) is 0 Å². The molecule has 3 heteroatoms. The van der Waals surface area contributed by atoms with Crippen molar-refractivity contribution in [3.63, 3.8) is 0 Å². The van der Waals surface area contributed by atoms with Crippen LogP contribution in [0.5, 0.6) is 0 Å². The molecule has 88 valence electrons. The summed E-state index contributed by atoms with van der Waals surface area (Å²) in [4.78, 5) is 2.14. The maximum Gasteiger partial charge on any atom is 0.145 e. The molecule has 0 atom stereocenters. The molecule has 1 aromatic heterocycles. The highest BCUT2D eigenvalue weighted by molar-refractivity contribution is 5.80. The minimum Gasteiger partial charge on any atom is -0.360 e. The number of hydrogen-bond donors (Lipinski definition) is 0. The number of rotatable bonds is 3. The molecule has 16 heavy (non-hydrogen) atoms. The van der Waals surface area contributed by atoms with Gasteiger partial charge in [-0.1, -0.05) is 31.1 Å². The largest absolute Gasteiger partial charge is 0.360 e. The van der Waals surface area contributed by atoms with Crippen molar-refractivity contribution < 1.29 is 4.52 Å². The van der Waals surface area contributed by atoms with Gasteiger partial charge < -0.3 is 9.42 Å². The van der Waals surface area contributed by atoms with E-state index < -0.39 is 0 Å². The van der Waals surface area contributed by atoms with E-state index in [1.165, 1.54) is 0 Å². The van der Waals surface area contributed by atoms with Crippen LogP contribution < -0.4 is 0 Å². The maximum atomic E-state index is 5.29. The fourth-order valence-corrected chi connectivity index (χ4v) is 1.45. The molecule has 0 saturated heterocycles. The summed E-state index contributed by atoms with van der Waals surface area (Å²) in [5.41, 5.74) is 0.946. The maximum absolute atomic E-state index is 5.29. The second-order valence-corrected chi connectivity index (χ2v) is 3.68. The Morgan fingerprint density at radius 1 is 1.19 bits per heavy atom. The van der Waals surface area contributed by atoms with E-state index in [0.717, 1.165) is 29.6 Å². The minimum atomic E-state index is 0.910. The Balaban J connectivity index is 0.000000606. The number of hydrogen-bond acceptors (Lipinski definition) is 3. The number of fused-ring (bicyclic) bond motifs is 1. The zero-order valence-electron chi connectivity index (χ0n) is 10.5. The zero-order chi connectivity index (χ0) is 12.0. The highest BCUT2D eigenvalue weighted by atomic mass is 16.5. The second-order valence-electron chi connectivity index (χ2n) is 3.68. The Morgan fingerprint density at radius 3 is 2.56 bits per heavy atom. The van der Waals surface area contributed by atoms with Crippen molar-refractivity contribution in [2.24, 2.45) is 0 Å². The third-order valence-corrected chi connectivity index (χ3v) is 2.24. The molecule has 0 saturated carbocycles. The molecule has 0 amide bonds. The fraction of sp³-hybridized carbons (Fsp3) is 0.462. The molecule has 1 heterocycles. The molecule has 0 aliphatic heterocycles. The average Bonchev–Trinajstić information content (AvgIpc) is 2.72. The number of nitrogens with zero attached hydrogens (tertiary/aromatic N) is 2. The topological polar surface area (TPSA) is 29.3 Å². The highest BCUT2D eigenvalue weighted by Crippen LogP contribution is 2.17. The van der Waals surface area contributed by atoms with Crippen molar-refractivity contribution in [3.8, 4) is 0 Å². The van der Waals surface area contributed by atoms with Gasteiger partial charge >= 0.3 is 0 Å². The van der Waals surface area contributed by atoms with Crippen LogP contribution in [0.4, 0.5) is 0 Å². The summed E-state index contributed by atoms with van der Waals surface area (Å²) in [7, 11) is 4.11. The van der Waals surface area contributed by atoms with Gasteiger partial charge in [0.05, 0.1) is 0 Å². The van der Waals surface area contributed by atoms with E-state index in [4.69, 9.17) is 4.52 Å². The van der Waals surface area contributed by atoms with Gasteiger partial charge in [0, 0.05) is 18.4 Å². The molecule has 0 N–H and O–H groups in total. The lowest BCUT2D eigenvalue weighted by molar-refractivity contribution is 0.354. The van der Waals surface area contributed by atoms with E-state index in [-0.39, 0.29) is 0 Å². The molecule has 2 aromatic rings. The Labute approximate surface area is 97.0 Å². The van der Waals surface area contributed by atoms with Crippen LogP contribution in [0.15, 0.2) is 28.8 Å². The summed E-state index contributed by atoms with van der Waals surface area (Å²) in [6, 6.07) is 8.01. The standard InChI is InChI=1S/C11H14N2O.C2H6/c1-13(2)8-7-11-9-5-3-4-6-10(9)12-14-11;1-2/h3-6H,7-8H2,1-2H3;1-2H3. The van der Waals surface area contributed by atoms with Crippen molar-refractivity contribution in [2.75, 3.05) is 20.6 Å². The third-order valence-electron chi connectivity index (χ3n) is 2.24. The molecule has 1 aromatic carbocycles. The van der Waals surface area contributed by atoms with Crippen molar-refractivity contribution in [2.45, 2.75) is 20.3 Å².